The van der Waals surface area contributed by atoms with E-state index in [1.165, 1.54) is 30.3 Å². The maximum atomic E-state index is 13.3. The van der Waals surface area contributed by atoms with Gasteiger partial charge in [-0.1, -0.05) is 17.7 Å². The second-order valence-electron chi connectivity index (χ2n) is 8.59. The van der Waals surface area contributed by atoms with E-state index in [1.54, 1.807) is 24.8 Å². The fraction of sp³-hybridized carbons (Fsp3) is 0.375. The average molecular weight is 487 g/mol. The van der Waals surface area contributed by atoms with Gasteiger partial charge in [0.05, 0.1) is 4.90 Å². The number of sulfonamides is 1. The molecule has 0 radical (unpaired) electrons. The Hall–Kier alpha value is -3.24. The molecule has 0 saturated carbocycles. The Morgan fingerprint density at radius 1 is 0.765 bits per heavy atom. The molecule has 1 saturated heterocycles. The van der Waals surface area contributed by atoms with Gasteiger partial charge >= 0.3 is 0 Å². The van der Waals surface area contributed by atoms with Gasteiger partial charge in [-0.05, 0) is 50.1 Å². The number of nitrogens with zero attached hydrogens (tertiary/aromatic N) is 2. The monoisotopic (exact) mass is 486 g/mol. The topological polar surface area (TPSA) is 116 Å². The molecule has 1 aliphatic rings. The lowest BCUT2D eigenvalue weighted by molar-refractivity contribution is -0.115. The van der Waals surface area contributed by atoms with Crippen LogP contribution in [0.1, 0.15) is 40.9 Å². The molecule has 2 N–H and O–H groups in total. The average Bonchev–Trinajstić information content (AvgIpc) is 2.71. The van der Waals surface area contributed by atoms with Gasteiger partial charge < -0.3 is 15.5 Å². The van der Waals surface area contributed by atoms with E-state index in [2.05, 4.69) is 10.6 Å². The van der Waals surface area contributed by atoms with E-state index in [4.69, 9.17) is 0 Å². The van der Waals surface area contributed by atoms with Gasteiger partial charge in [-0.3, -0.25) is 14.4 Å². The van der Waals surface area contributed by atoms with Crippen LogP contribution >= 0.6 is 0 Å². The quantitative estimate of drug-likeness (QED) is 0.674. The van der Waals surface area contributed by atoms with Gasteiger partial charge in [0.2, 0.25) is 21.8 Å². The van der Waals surface area contributed by atoms with Crippen LogP contribution < -0.4 is 10.6 Å². The van der Waals surface area contributed by atoms with Crippen molar-refractivity contribution in [3.8, 4) is 0 Å². The lowest BCUT2D eigenvalue weighted by atomic mass is 10.1. The predicted molar refractivity (Wildman–Crippen MR) is 130 cm³/mol. The molecule has 0 spiro atoms. The zero-order valence-electron chi connectivity index (χ0n) is 20.1. The highest BCUT2D eigenvalue weighted by Crippen LogP contribution is 2.27. The largest absolute Gasteiger partial charge is 0.336 e. The molecule has 3 rings (SSSR count). The molecule has 2 aromatic carbocycles. The minimum absolute atomic E-state index is 0.171. The Labute approximate surface area is 200 Å². The second-order valence-corrected chi connectivity index (χ2v) is 10.5. The van der Waals surface area contributed by atoms with Gasteiger partial charge in [-0.15, -0.1) is 0 Å². The van der Waals surface area contributed by atoms with Gasteiger partial charge in [0.1, 0.15) is 0 Å². The van der Waals surface area contributed by atoms with Crippen LogP contribution in [0.2, 0.25) is 0 Å². The molecular formula is C24H30N4O5S. The lowest BCUT2D eigenvalue weighted by Crippen LogP contribution is -2.50. The summed E-state index contributed by atoms with van der Waals surface area (Å²) < 4.78 is 28.1. The predicted octanol–water partition coefficient (Wildman–Crippen LogP) is 2.68. The Morgan fingerprint density at radius 3 is 1.68 bits per heavy atom. The molecule has 0 unspecified atom stereocenters. The van der Waals surface area contributed by atoms with E-state index in [9.17, 15) is 22.8 Å². The summed E-state index contributed by atoms with van der Waals surface area (Å²) in [5.41, 5.74) is 3.47. The number of amides is 3. The smallest absolute Gasteiger partial charge is 0.254 e. The van der Waals surface area contributed by atoms with Crippen LogP contribution in [0.4, 0.5) is 11.4 Å². The summed E-state index contributed by atoms with van der Waals surface area (Å²) in [5, 5.41) is 5.26. The summed E-state index contributed by atoms with van der Waals surface area (Å²) in [5.74, 6) is -0.920. The van der Waals surface area contributed by atoms with Crippen LogP contribution in [0, 0.1) is 20.8 Å². The highest BCUT2D eigenvalue weighted by Gasteiger charge is 2.32. The third-order valence-corrected chi connectivity index (χ3v) is 7.75. The van der Waals surface area contributed by atoms with Crippen LogP contribution in [0.15, 0.2) is 35.2 Å². The fourth-order valence-electron chi connectivity index (χ4n) is 4.32. The van der Waals surface area contributed by atoms with Crippen molar-refractivity contribution in [1.29, 1.82) is 0 Å². The van der Waals surface area contributed by atoms with Crippen molar-refractivity contribution in [2.75, 3.05) is 36.8 Å². The number of benzene rings is 2. The van der Waals surface area contributed by atoms with Crippen molar-refractivity contribution in [2.24, 2.45) is 0 Å². The molecular weight excluding hydrogens is 456 g/mol. The third-order valence-electron chi connectivity index (χ3n) is 5.55. The van der Waals surface area contributed by atoms with Crippen LogP contribution in [-0.2, 0) is 19.6 Å². The second kappa shape index (κ2) is 9.94. The molecule has 182 valence electrons. The molecule has 1 aliphatic heterocycles. The van der Waals surface area contributed by atoms with Gasteiger partial charge in [-0.25, -0.2) is 8.42 Å². The number of aryl methyl sites for hydroxylation is 3. The van der Waals surface area contributed by atoms with Crippen molar-refractivity contribution in [2.45, 2.75) is 39.5 Å². The van der Waals surface area contributed by atoms with Crippen LogP contribution in [-0.4, -0.2) is 61.5 Å². The molecule has 1 fully saturated rings. The molecule has 0 atom stereocenters. The molecule has 1 heterocycles. The summed E-state index contributed by atoms with van der Waals surface area (Å²) in [6, 6.07) is 8.35. The van der Waals surface area contributed by atoms with E-state index in [0.29, 0.717) is 27.4 Å². The molecule has 9 nitrogen and oxygen atoms in total. The summed E-state index contributed by atoms with van der Waals surface area (Å²) in [4.78, 5) is 38.0. The number of anilines is 2. The number of hydrogen-bond acceptors (Lipinski definition) is 5. The van der Waals surface area contributed by atoms with Crippen molar-refractivity contribution in [3.05, 3.63) is 52.6 Å². The van der Waals surface area contributed by atoms with Crippen LogP contribution in [0.25, 0.3) is 0 Å². The van der Waals surface area contributed by atoms with Crippen molar-refractivity contribution >= 4 is 39.1 Å². The SMILES string of the molecule is CC(=O)Nc1cc(NC(C)=O)cc(C(=O)N2CCN(S(=O)(=O)c3c(C)cc(C)cc3C)CC2)c1. The van der Waals surface area contributed by atoms with Gasteiger partial charge in [0.25, 0.3) is 5.91 Å². The fourth-order valence-corrected chi connectivity index (χ4v) is 6.15. The Bertz CT molecular complexity index is 1190. The number of piperazine rings is 1. The normalized spacial score (nSPS) is 14.6. The number of hydrogen-bond donors (Lipinski definition) is 2. The van der Waals surface area contributed by atoms with Crippen molar-refractivity contribution in [1.82, 2.24) is 9.21 Å². The van der Waals surface area contributed by atoms with Crippen molar-refractivity contribution in [3.63, 3.8) is 0 Å². The summed E-state index contributed by atoms with van der Waals surface area (Å²) >= 11 is 0. The zero-order chi connectivity index (χ0) is 25.2. The minimum Gasteiger partial charge on any atom is -0.336 e. The summed E-state index contributed by atoms with van der Waals surface area (Å²) in [6.45, 7) is 9.01. The Kier molecular flexibility index (Phi) is 7.42. The number of rotatable bonds is 5. The van der Waals surface area contributed by atoms with Gasteiger partial charge in [0.15, 0.2) is 0 Å². The molecule has 34 heavy (non-hydrogen) atoms. The van der Waals surface area contributed by atoms with Crippen LogP contribution in [0.5, 0.6) is 0 Å². The number of nitrogens with one attached hydrogen (secondary N) is 2. The van der Waals surface area contributed by atoms with Gasteiger partial charge in [0, 0.05) is 57.0 Å². The number of carbonyl (C=O) groups is 3. The Balaban J connectivity index is 1.79. The lowest BCUT2D eigenvalue weighted by Gasteiger charge is -2.34. The molecule has 0 aromatic heterocycles. The first kappa shape index (κ1) is 25.4. The van der Waals surface area contributed by atoms with Gasteiger partial charge in [-0.2, -0.15) is 4.31 Å². The highest BCUT2D eigenvalue weighted by atomic mass is 32.2. The van der Waals surface area contributed by atoms with E-state index in [0.717, 1.165) is 5.56 Å². The standard InChI is InChI=1S/C24H30N4O5S/c1-15-10-16(2)23(17(3)11-15)34(32,33)28-8-6-27(7-9-28)24(31)20-12-21(25-18(4)29)14-22(13-20)26-19(5)30/h10-14H,6-9H2,1-5H3,(H,25,29)(H,26,30). The number of carbonyl (C=O) groups excluding carboxylic acids is 3. The summed E-state index contributed by atoms with van der Waals surface area (Å²) in [7, 11) is -3.69. The maximum absolute atomic E-state index is 13.3. The molecule has 3 amide bonds. The first-order valence-corrected chi connectivity index (χ1v) is 12.4. The first-order chi connectivity index (χ1) is 15.9. The first-order valence-electron chi connectivity index (χ1n) is 11.0. The zero-order valence-corrected chi connectivity index (χ0v) is 20.9. The molecule has 2 aromatic rings. The third kappa shape index (κ3) is 5.63. The Morgan fingerprint density at radius 2 is 1.24 bits per heavy atom. The van der Waals surface area contributed by atoms with Crippen molar-refractivity contribution < 1.29 is 22.8 Å². The van der Waals surface area contributed by atoms with E-state index in [-0.39, 0.29) is 49.5 Å². The van der Waals surface area contributed by atoms with Crippen LogP contribution in [0.3, 0.4) is 0 Å². The molecule has 0 aliphatic carbocycles. The minimum atomic E-state index is -3.69. The maximum Gasteiger partial charge on any atom is 0.254 e. The van der Waals surface area contributed by atoms with E-state index >= 15 is 0 Å². The van der Waals surface area contributed by atoms with E-state index < -0.39 is 10.0 Å². The van der Waals surface area contributed by atoms with E-state index in [1.807, 2.05) is 19.1 Å². The molecule has 0 bridgehead atoms. The molecule has 10 heteroatoms. The summed E-state index contributed by atoms with van der Waals surface area (Å²) in [6.07, 6.45) is 0. The highest BCUT2D eigenvalue weighted by molar-refractivity contribution is 7.89.